The molecule has 1 aromatic heterocycles. The van der Waals surface area contributed by atoms with E-state index in [0.717, 1.165) is 17.7 Å². The van der Waals surface area contributed by atoms with Crippen LogP contribution in [0.4, 0.5) is 0 Å². The van der Waals surface area contributed by atoms with Crippen molar-refractivity contribution in [3.05, 3.63) is 41.6 Å². The minimum atomic E-state index is -0.250. The van der Waals surface area contributed by atoms with Gasteiger partial charge in [0, 0.05) is 6.42 Å². The fraction of sp³-hybridized carbons (Fsp3) is 0.333. The first-order valence-corrected chi connectivity index (χ1v) is 5.57. The smallest absolute Gasteiger partial charge is 0.257 e. The predicted molar refractivity (Wildman–Crippen MR) is 60.4 cm³/mol. The Labute approximate surface area is 98.6 Å². The van der Waals surface area contributed by atoms with Crippen LogP contribution in [0, 0.1) is 0 Å². The van der Waals surface area contributed by atoms with Crippen molar-refractivity contribution in [3.8, 4) is 5.75 Å². The van der Waals surface area contributed by atoms with E-state index in [4.69, 9.17) is 14.9 Å². The van der Waals surface area contributed by atoms with Crippen molar-refractivity contribution in [2.75, 3.05) is 0 Å². The van der Waals surface area contributed by atoms with E-state index in [-0.39, 0.29) is 12.1 Å². The maximum Gasteiger partial charge on any atom is 0.257 e. The summed E-state index contributed by atoms with van der Waals surface area (Å²) in [5.41, 5.74) is 6.84. The molecule has 0 spiro atoms. The predicted octanol–water partition coefficient (Wildman–Crippen LogP) is 1.77. The highest BCUT2D eigenvalue weighted by molar-refractivity contribution is 5.37. The van der Waals surface area contributed by atoms with Crippen LogP contribution in [0.2, 0.25) is 0 Å². The van der Waals surface area contributed by atoms with Crippen molar-refractivity contribution in [2.45, 2.75) is 25.5 Å². The van der Waals surface area contributed by atoms with Crippen LogP contribution in [0.3, 0.4) is 0 Å². The Kier molecular flexibility index (Phi) is 2.33. The summed E-state index contributed by atoms with van der Waals surface area (Å²) in [5.74, 6) is 1.83. The van der Waals surface area contributed by atoms with E-state index >= 15 is 0 Å². The number of rotatable bonds is 2. The average molecular weight is 231 g/mol. The zero-order valence-electron chi connectivity index (χ0n) is 9.46. The van der Waals surface area contributed by atoms with Gasteiger partial charge >= 0.3 is 0 Å². The third kappa shape index (κ3) is 1.78. The zero-order chi connectivity index (χ0) is 11.8. The van der Waals surface area contributed by atoms with E-state index < -0.39 is 0 Å². The van der Waals surface area contributed by atoms with Crippen LogP contribution in [0.5, 0.6) is 5.75 Å². The number of para-hydroxylation sites is 1. The fourth-order valence-electron chi connectivity index (χ4n) is 1.88. The molecular weight excluding hydrogens is 218 g/mol. The second kappa shape index (κ2) is 3.85. The highest BCUT2D eigenvalue weighted by Crippen LogP contribution is 2.35. The number of hydrogen-bond acceptors (Lipinski definition) is 5. The Morgan fingerprint density at radius 2 is 2.18 bits per heavy atom. The Morgan fingerprint density at radius 1 is 1.35 bits per heavy atom. The third-order valence-electron chi connectivity index (χ3n) is 2.77. The van der Waals surface area contributed by atoms with Gasteiger partial charge in [0.2, 0.25) is 5.89 Å². The number of benzene rings is 1. The van der Waals surface area contributed by atoms with E-state index in [2.05, 4.69) is 10.2 Å². The number of nitrogens with zero attached hydrogens (tertiary/aromatic N) is 2. The second-order valence-electron chi connectivity index (χ2n) is 4.19. The molecule has 2 N–H and O–H groups in total. The van der Waals surface area contributed by atoms with Crippen molar-refractivity contribution in [1.82, 2.24) is 10.2 Å². The van der Waals surface area contributed by atoms with Crippen LogP contribution in [0.25, 0.3) is 0 Å². The number of nitrogens with two attached hydrogens (primary N) is 1. The second-order valence-corrected chi connectivity index (χ2v) is 4.19. The van der Waals surface area contributed by atoms with Gasteiger partial charge < -0.3 is 14.9 Å². The van der Waals surface area contributed by atoms with Gasteiger partial charge in [-0.15, -0.1) is 10.2 Å². The Balaban J connectivity index is 1.84. The monoisotopic (exact) mass is 231 g/mol. The topological polar surface area (TPSA) is 74.2 Å². The molecule has 1 aromatic carbocycles. The molecule has 0 bridgehead atoms. The number of hydrogen-bond donors (Lipinski definition) is 1. The van der Waals surface area contributed by atoms with Crippen LogP contribution < -0.4 is 10.5 Å². The van der Waals surface area contributed by atoms with Gasteiger partial charge in [-0.3, -0.25) is 0 Å². The van der Waals surface area contributed by atoms with Gasteiger partial charge in [0.1, 0.15) is 5.75 Å². The summed E-state index contributed by atoms with van der Waals surface area (Å²) in [5, 5.41) is 7.88. The molecule has 0 fully saturated rings. The lowest BCUT2D eigenvalue weighted by Gasteiger charge is -2.04. The fourth-order valence-corrected chi connectivity index (χ4v) is 1.88. The molecule has 3 rings (SSSR count). The summed E-state index contributed by atoms with van der Waals surface area (Å²) in [6, 6.07) is 7.67. The first-order chi connectivity index (χ1) is 8.24. The van der Waals surface area contributed by atoms with Gasteiger partial charge in [-0.2, -0.15) is 0 Å². The lowest BCUT2D eigenvalue weighted by molar-refractivity contribution is 0.194. The molecule has 0 radical (unpaired) electrons. The standard InChI is InChI=1S/C12H13N3O2/c1-7(13)11-14-15-12(17-11)10-6-8-4-2-3-5-9(8)16-10/h2-5,7,10H,6,13H2,1H3. The molecule has 0 saturated carbocycles. The Bertz CT molecular complexity index is 511. The van der Waals surface area contributed by atoms with Gasteiger partial charge in [-0.05, 0) is 18.6 Å². The quantitative estimate of drug-likeness (QED) is 0.852. The maximum atomic E-state index is 5.75. The molecule has 0 saturated heterocycles. The number of fused-ring (bicyclic) bond motifs is 1. The zero-order valence-corrected chi connectivity index (χ0v) is 9.46. The SMILES string of the molecule is CC(N)c1nnc(C2Cc3ccccc3O2)o1. The minimum Gasteiger partial charge on any atom is -0.480 e. The molecular formula is C12H13N3O2. The van der Waals surface area contributed by atoms with Gasteiger partial charge in [-0.25, -0.2) is 0 Å². The van der Waals surface area contributed by atoms with E-state index in [1.807, 2.05) is 31.2 Å². The van der Waals surface area contributed by atoms with E-state index in [1.54, 1.807) is 0 Å². The first kappa shape index (κ1) is 10.3. The van der Waals surface area contributed by atoms with Crippen LogP contribution in [-0.4, -0.2) is 10.2 Å². The van der Waals surface area contributed by atoms with Crippen molar-refractivity contribution in [2.24, 2.45) is 5.73 Å². The summed E-state index contributed by atoms with van der Waals surface area (Å²) >= 11 is 0. The van der Waals surface area contributed by atoms with E-state index in [1.165, 1.54) is 0 Å². The molecule has 1 aliphatic rings. The van der Waals surface area contributed by atoms with Crippen molar-refractivity contribution in [3.63, 3.8) is 0 Å². The maximum absolute atomic E-state index is 5.75. The van der Waals surface area contributed by atoms with Gasteiger partial charge in [-0.1, -0.05) is 18.2 Å². The average Bonchev–Trinajstić information content (AvgIpc) is 2.95. The molecule has 2 heterocycles. The van der Waals surface area contributed by atoms with Gasteiger partial charge in [0.05, 0.1) is 6.04 Å². The Morgan fingerprint density at radius 3 is 2.88 bits per heavy atom. The highest BCUT2D eigenvalue weighted by Gasteiger charge is 2.28. The molecule has 2 unspecified atom stereocenters. The summed E-state index contributed by atoms with van der Waals surface area (Å²) in [7, 11) is 0. The molecule has 2 atom stereocenters. The van der Waals surface area contributed by atoms with Crippen LogP contribution in [0.15, 0.2) is 28.7 Å². The molecule has 17 heavy (non-hydrogen) atoms. The third-order valence-corrected chi connectivity index (χ3v) is 2.77. The van der Waals surface area contributed by atoms with Crippen LogP contribution in [0.1, 0.15) is 36.4 Å². The normalized spacial score (nSPS) is 19.8. The molecule has 0 amide bonds. The molecule has 88 valence electrons. The lowest BCUT2D eigenvalue weighted by Crippen LogP contribution is -2.05. The lowest BCUT2D eigenvalue weighted by atomic mass is 10.1. The van der Waals surface area contributed by atoms with Crippen LogP contribution in [-0.2, 0) is 6.42 Å². The van der Waals surface area contributed by atoms with Crippen LogP contribution >= 0.6 is 0 Å². The molecule has 0 aliphatic carbocycles. The van der Waals surface area contributed by atoms with E-state index in [0.29, 0.717) is 11.8 Å². The van der Waals surface area contributed by atoms with E-state index in [9.17, 15) is 0 Å². The molecule has 5 nitrogen and oxygen atoms in total. The van der Waals surface area contributed by atoms with Gasteiger partial charge in [0.25, 0.3) is 5.89 Å². The highest BCUT2D eigenvalue weighted by atomic mass is 16.5. The minimum absolute atomic E-state index is 0.188. The summed E-state index contributed by atoms with van der Waals surface area (Å²) < 4.78 is 11.2. The molecule has 5 heteroatoms. The van der Waals surface area contributed by atoms with Crippen molar-refractivity contribution < 1.29 is 9.15 Å². The summed E-state index contributed by atoms with van der Waals surface area (Å²) in [4.78, 5) is 0. The first-order valence-electron chi connectivity index (χ1n) is 5.57. The molecule has 1 aliphatic heterocycles. The van der Waals surface area contributed by atoms with Gasteiger partial charge in [0.15, 0.2) is 6.10 Å². The number of ether oxygens (including phenoxy) is 1. The van der Waals surface area contributed by atoms with Crippen molar-refractivity contribution in [1.29, 1.82) is 0 Å². The number of aromatic nitrogens is 2. The largest absolute Gasteiger partial charge is 0.480 e. The summed E-state index contributed by atoms with van der Waals surface area (Å²) in [6.45, 7) is 1.81. The van der Waals surface area contributed by atoms with Crippen molar-refractivity contribution >= 4 is 0 Å². The molecule has 2 aromatic rings. The summed E-state index contributed by atoms with van der Waals surface area (Å²) in [6.07, 6.45) is 0.573. The Hall–Kier alpha value is -1.88.